The van der Waals surface area contributed by atoms with Crippen molar-refractivity contribution in [3.63, 3.8) is 0 Å². The third-order valence-electron chi connectivity index (χ3n) is 5.75. The Hall–Kier alpha value is -3.03. The molecule has 0 bridgehead atoms. The Labute approximate surface area is 183 Å². The Bertz CT molecular complexity index is 991. The van der Waals surface area contributed by atoms with E-state index in [9.17, 15) is 9.59 Å². The Balaban J connectivity index is 1.46. The smallest absolute Gasteiger partial charge is 0.257 e. The number of aromatic nitrogens is 1. The van der Waals surface area contributed by atoms with Gasteiger partial charge in [0.1, 0.15) is 0 Å². The van der Waals surface area contributed by atoms with Crippen LogP contribution in [0.5, 0.6) is 0 Å². The number of amides is 2. The van der Waals surface area contributed by atoms with Crippen LogP contribution in [0.4, 0.5) is 17.2 Å². The maximum Gasteiger partial charge on any atom is 0.257 e. The molecule has 1 aromatic carbocycles. The summed E-state index contributed by atoms with van der Waals surface area (Å²) >= 11 is 0. The summed E-state index contributed by atoms with van der Waals surface area (Å²) in [6.07, 6.45) is 4.27. The van der Waals surface area contributed by atoms with Crippen molar-refractivity contribution < 1.29 is 9.59 Å². The van der Waals surface area contributed by atoms with E-state index in [0.717, 1.165) is 32.7 Å². The number of benzene rings is 1. The van der Waals surface area contributed by atoms with Crippen molar-refractivity contribution in [2.45, 2.75) is 20.3 Å². The highest BCUT2D eigenvalue weighted by Crippen LogP contribution is 2.36. The van der Waals surface area contributed by atoms with E-state index in [1.54, 1.807) is 41.4 Å². The maximum atomic E-state index is 13.4. The lowest BCUT2D eigenvalue weighted by Gasteiger charge is -2.34. The number of fused-ring (bicyclic) bond motifs is 2. The van der Waals surface area contributed by atoms with E-state index < -0.39 is 0 Å². The fourth-order valence-electron chi connectivity index (χ4n) is 3.96. The predicted molar refractivity (Wildman–Crippen MR) is 123 cm³/mol. The number of hydrogen-bond donors (Lipinski definition) is 1. The van der Waals surface area contributed by atoms with Crippen molar-refractivity contribution in [2.75, 3.05) is 49.5 Å². The molecule has 0 saturated carbocycles. The van der Waals surface area contributed by atoms with Crippen molar-refractivity contribution in [1.29, 1.82) is 0 Å². The SMILES string of the molecule is CC(C)=CCN1CCN(CCC(=O)N2c3ccccc3C(=O)Nc3cccnc32)CC1. The number of carbonyl (C=O) groups excluding carboxylic acids is 2. The lowest BCUT2D eigenvalue weighted by Crippen LogP contribution is -2.47. The second-order valence-corrected chi connectivity index (χ2v) is 8.25. The Morgan fingerprint density at radius 2 is 1.81 bits per heavy atom. The number of carbonyl (C=O) groups is 2. The van der Waals surface area contributed by atoms with E-state index in [4.69, 9.17) is 0 Å². The molecule has 0 spiro atoms. The molecule has 1 N–H and O–H groups in total. The van der Waals surface area contributed by atoms with Gasteiger partial charge in [-0.2, -0.15) is 0 Å². The standard InChI is InChI=1S/C24H29N5O2/c1-18(2)9-12-27-14-16-28(17-15-27)13-10-22(30)29-21-8-4-3-6-19(21)24(31)26-20-7-5-11-25-23(20)29/h3-9,11H,10,12-17H2,1-2H3,(H,26,31). The van der Waals surface area contributed by atoms with Gasteiger partial charge >= 0.3 is 0 Å². The zero-order chi connectivity index (χ0) is 21.8. The summed E-state index contributed by atoms with van der Waals surface area (Å²) in [7, 11) is 0. The van der Waals surface area contributed by atoms with E-state index in [1.807, 2.05) is 6.07 Å². The van der Waals surface area contributed by atoms with E-state index in [2.05, 4.69) is 40.0 Å². The molecule has 162 valence electrons. The number of nitrogens with one attached hydrogen (secondary N) is 1. The highest BCUT2D eigenvalue weighted by atomic mass is 16.2. The highest BCUT2D eigenvalue weighted by Gasteiger charge is 2.30. The average Bonchev–Trinajstić information content (AvgIpc) is 2.90. The number of para-hydroxylation sites is 1. The summed E-state index contributed by atoms with van der Waals surface area (Å²) in [6, 6.07) is 10.7. The van der Waals surface area contributed by atoms with Crippen LogP contribution < -0.4 is 10.2 Å². The maximum absolute atomic E-state index is 13.4. The summed E-state index contributed by atoms with van der Waals surface area (Å²) in [5.41, 5.74) is 2.94. The van der Waals surface area contributed by atoms with Crippen LogP contribution in [0, 0.1) is 0 Å². The molecular formula is C24H29N5O2. The average molecular weight is 420 g/mol. The van der Waals surface area contributed by atoms with Crippen molar-refractivity contribution in [3.05, 3.63) is 59.8 Å². The molecule has 1 fully saturated rings. The van der Waals surface area contributed by atoms with E-state index >= 15 is 0 Å². The Morgan fingerprint density at radius 3 is 2.58 bits per heavy atom. The van der Waals surface area contributed by atoms with Gasteiger partial charge in [-0.05, 0) is 38.1 Å². The number of rotatable bonds is 5. The van der Waals surface area contributed by atoms with Crippen LogP contribution in [0.3, 0.4) is 0 Å². The van der Waals surface area contributed by atoms with Crippen LogP contribution in [-0.4, -0.2) is 65.9 Å². The Morgan fingerprint density at radius 1 is 1.06 bits per heavy atom. The van der Waals surface area contributed by atoms with Crippen molar-refractivity contribution in [3.8, 4) is 0 Å². The lowest BCUT2D eigenvalue weighted by molar-refractivity contribution is -0.118. The number of hydrogen-bond acceptors (Lipinski definition) is 5. The van der Waals surface area contributed by atoms with Crippen molar-refractivity contribution in [2.24, 2.45) is 0 Å². The third-order valence-corrected chi connectivity index (χ3v) is 5.75. The van der Waals surface area contributed by atoms with Crippen molar-refractivity contribution >= 4 is 29.0 Å². The first-order chi connectivity index (χ1) is 15.0. The van der Waals surface area contributed by atoms with Gasteiger partial charge in [-0.1, -0.05) is 23.8 Å². The summed E-state index contributed by atoms with van der Waals surface area (Å²) in [6.45, 7) is 9.85. The molecule has 7 heteroatoms. The van der Waals surface area contributed by atoms with Crippen molar-refractivity contribution in [1.82, 2.24) is 14.8 Å². The zero-order valence-corrected chi connectivity index (χ0v) is 18.2. The number of nitrogens with zero attached hydrogens (tertiary/aromatic N) is 4. The first-order valence-electron chi connectivity index (χ1n) is 10.8. The number of allylic oxidation sites excluding steroid dienone is 1. The second-order valence-electron chi connectivity index (χ2n) is 8.25. The van der Waals surface area contributed by atoms with Gasteiger partial charge in [-0.3, -0.25) is 19.4 Å². The van der Waals surface area contributed by atoms with E-state index in [-0.39, 0.29) is 11.8 Å². The second kappa shape index (κ2) is 9.41. The van der Waals surface area contributed by atoms with Gasteiger partial charge in [0.05, 0.1) is 16.9 Å². The zero-order valence-electron chi connectivity index (χ0n) is 18.2. The van der Waals surface area contributed by atoms with Crippen LogP contribution in [0.2, 0.25) is 0 Å². The molecule has 2 aliphatic rings. The molecule has 7 nitrogen and oxygen atoms in total. The van der Waals surface area contributed by atoms with E-state index in [0.29, 0.717) is 35.7 Å². The molecule has 0 radical (unpaired) electrons. The Kier molecular flexibility index (Phi) is 6.44. The molecule has 2 aliphatic heterocycles. The largest absolute Gasteiger partial charge is 0.319 e. The molecule has 0 aliphatic carbocycles. The van der Waals surface area contributed by atoms with Gasteiger partial charge in [-0.15, -0.1) is 0 Å². The van der Waals surface area contributed by atoms with Crippen LogP contribution in [-0.2, 0) is 4.79 Å². The first-order valence-corrected chi connectivity index (χ1v) is 10.8. The van der Waals surface area contributed by atoms with Gasteiger partial charge in [0, 0.05) is 51.9 Å². The predicted octanol–water partition coefficient (Wildman–Crippen LogP) is 3.29. The molecule has 2 amide bonds. The molecule has 3 heterocycles. The number of piperazine rings is 1. The summed E-state index contributed by atoms with van der Waals surface area (Å²) < 4.78 is 0. The van der Waals surface area contributed by atoms with Gasteiger partial charge in [-0.25, -0.2) is 4.98 Å². The van der Waals surface area contributed by atoms with Gasteiger partial charge in [0.2, 0.25) is 5.91 Å². The minimum absolute atomic E-state index is 0.0594. The van der Waals surface area contributed by atoms with Crippen LogP contribution in [0.15, 0.2) is 54.2 Å². The molecule has 0 unspecified atom stereocenters. The molecular weight excluding hydrogens is 390 g/mol. The minimum Gasteiger partial charge on any atom is -0.319 e. The van der Waals surface area contributed by atoms with Gasteiger partial charge < -0.3 is 10.2 Å². The van der Waals surface area contributed by atoms with Crippen LogP contribution in [0.1, 0.15) is 30.6 Å². The fraction of sp³-hybridized carbons (Fsp3) is 0.375. The van der Waals surface area contributed by atoms with E-state index in [1.165, 1.54) is 5.57 Å². The molecule has 0 atom stereocenters. The van der Waals surface area contributed by atoms with Crippen LogP contribution >= 0.6 is 0 Å². The van der Waals surface area contributed by atoms with Gasteiger partial charge in [0.25, 0.3) is 5.91 Å². The highest BCUT2D eigenvalue weighted by molar-refractivity contribution is 6.17. The summed E-state index contributed by atoms with van der Waals surface area (Å²) in [5, 5.41) is 2.88. The lowest BCUT2D eigenvalue weighted by atomic mass is 10.1. The summed E-state index contributed by atoms with van der Waals surface area (Å²) in [4.78, 5) is 36.8. The minimum atomic E-state index is -0.229. The monoisotopic (exact) mass is 419 g/mol. The fourth-order valence-corrected chi connectivity index (χ4v) is 3.96. The van der Waals surface area contributed by atoms with Gasteiger partial charge in [0.15, 0.2) is 5.82 Å². The first kappa shape index (κ1) is 21.2. The molecule has 1 aromatic heterocycles. The molecule has 2 aromatic rings. The molecule has 1 saturated heterocycles. The quantitative estimate of drug-likeness (QED) is 0.754. The summed E-state index contributed by atoms with van der Waals surface area (Å²) in [5.74, 6) is 0.181. The molecule has 31 heavy (non-hydrogen) atoms. The topological polar surface area (TPSA) is 68.8 Å². The van der Waals surface area contributed by atoms with Crippen LogP contribution in [0.25, 0.3) is 0 Å². The molecule has 4 rings (SSSR count). The normalized spacial score (nSPS) is 16.7. The number of pyridine rings is 1. The number of anilines is 3. The third kappa shape index (κ3) is 4.84.